The van der Waals surface area contributed by atoms with Crippen molar-refractivity contribution in [2.24, 2.45) is 0 Å². The lowest BCUT2D eigenvalue weighted by atomic mass is 10.00. The third-order valence-corrected chi connectivity index (χ3v) is 10.9. The zero-order chi connectivity index (χ0) is 33.0. The Labute approximate surface area is 293 Å². The van der Waals surface area contributed by atoms with Crippen molar-refractivity contribution in [3.05, 3.63) is 176 Å². The molecular weight excluding hydrogens is 627 g/mol. The lowest BCUT2D eigenvalue weighted by Gasteiger charge is -2.11. The highest BCUT2D eigenvalue weighted by Gasteiger charge is 2.18. The number of hydrogen-bond donors (Lipinski definition) is 0. The summed E-state index contributed by atoms with van der Waals surface area (Å²) in [6, 6.07) is 60.6. The van der Waals surface area contributed by atoms with Crippen molar-refractivity contribution in [1.29, 1.82) is 0 Å². The number of hydrogen-bond acceptors (Lipinski definition) is 3. The van der Waals surface area contributed by atoms with Gasteiger partial charge in [0.2, 0.25) is 5.95 Å². The number of aromatic nitrogens is 3. The predicted octanol–water partition coefficient (Wildman–Crippen LogP) is 12.6. The SMILES string of the molecule is c1ccc(-c2ccc3c4ccc(-c5ccccc5)cc4n(-c4nccc(-c5cccc(-c6cccc7c6sc6ccccc67)c5)n4)c3c2)cc1. The van der Waals surface area contributed by atoms with Gasteiger partial charge in [0.05, 0.1) is 16.7 Å². The topological polar surface area (TPSA) is 30.7 Å². The predicted molar refractivity (Wildman–Crippen MR) is 211 cm³/mol. The smallest absolute Gasteiger partial charge is 0.235 e. The van der Waals surface area contributed by atoms with Crippen molar-refractivity contribution < 1.29 is 0 Å². The maximum Gasteiger partial charge on any atom is 0.235 e. The number of nitrogens with zero attached hydrogens (tertiary/aromatic N) is 3. The highest BCUT2D eigenvalue weighted by atomic mass is 32.1. The molecule has 0 amide bonds. The molecule has 0 radical (unpaired) electrons. The highest BCUT2D eigenvalue weighted by molar-refractivity contribution is 7.26. The van der Waals surface area contributed by atoms with Crippen LogP contribution in [0.2, 0.25) is 0 Å². The van der Waals surface area contributed by atoms with E-state index in [4.69, 9.17) is 9.97 Å². The summed E-state index contributed by atoms with van der Waals surface area (Å²) in [6.07, 6.45) is 1.89. The quantitative estimate of drug-likeness (QED) is 0.185. The third-order valence-electron chi connectivity index (χ3n) is 9.70. The van der Waals surface area contributed by atoms with E-state index in [9.17, 15) is 0 Å². The average molecular weight is 656 g/mol. The molecule has 0 saturated carbocycles. The molecule has 0 fully saturated rings. The van der Waals surface area contributed by atoms with E-state index in [1.165, 1.54) is 53.2 Å². The summed E-state index contributed by atoms with van der Waals surface area (Å²) < 4.78 is 4.85. The summed E-state index contributed by atoms with van der Waals surface area (Å²) in [7, 11) is 0. The fourth-order valence-corrected chi connectivity index (χ4v) is 8.53. The first-order valence-electron chi connectivity index (χ1n) is 16.8. The van der Waals surface area contributed by atoms with Crippen LogP contribution in [-0.2, 0) is 0 Å². The van der Waals surface area contributed by atoms with Gasteiger partial charge in [0.25, 0.3) is 0 Å². The molecule has 0 bridgehead atoms. The zero-order valence-electron chi connectivity index (χ0n) is 27.0. The Morgan fingerprint density at radius 2 is 1.02 bits per heavy atom. The van der Waals surface area contributed by atoms with Crippen LogP contribution in [0.3, 0.4) is 0 Å². The largest absolute Gasteiger partial charge is 0.278 e. The minimum Gasteiger partial charge on any atom is -0.278 e. The molecule has 0 aliphatic heterocycles. The Kier molecular flexibility index (Phi) is 6.68. The summed E-state index contributed by atoms with van der Waals surface area (Å²) in [5, 5.41) is 4.95. The second kappa shape index (κ2) is 11.7. The number of fused-ring (bicyclic) bond motifs is 6. The summed E-state index contributed by atoms with van der Waals surface area (Å²) in [5.74, 6) is 0.648. The Balaban J connectivity index is 1.15. The molecule has 3 heterocycles. The van der Waals surface area contributed by atoms with Crippen molar-refractivity contribution in [3.8, 4) is 50.6 Å². The van der Waals surface area contributed by atoms with Gasteiger partial charge in [-0.1, -0.05) is 140 Å². The molecule has 0 aliphatic rings. The fraction of sp³-hybridized carbons (Fsp3) is 0. The van der Waals surface area contributed by atoms with Crippen LogP contribution in [0.1, 0.15) is 0 Å². The van der Waals surface area contributed by atoms with E-state index in [0.29, 0.717) is 5.95 Å². The molecule has 3 aromatic heterocycles. The molecule has 10 aromatic rings. The summed E-state index contributed by atoms with van der Waals surface area (Å²) in [6.45, 7) is 0. The Hall–Kier alpha value is -6.36. The molecule has 0 unspecified atom stereocenters. The van der Waals surface area contributed by atoms with Crippen LogP contribution in [0.15, 0.2) is 176 Å². The molecule has 0 spiro atoms. The number of thiophene rings is 1. The van der Waals surface area contributed by atoms with Crippen molar-refractivity contribution in [3.63, 3.8) is 0 Å². The minimum atomic E-state index is 0.648. The summed E-state index contributed by atoms with van der Waals surface area (Å²) in [5.41, 5.74) is 11.2. The Bertz CT molecular complexity index is 2770. The zero-order valence-corrected chi connectivity index (χ0v) is 27.8. The number of rotatable bonds is 5. The van der Waals surface area contributed by atoms with Gasteiger partial charge in [0, 0.05) is 42.7 Å². The van der Waals surface area contributed by atoms with Gasteiger partial charge in [-0.2, -0.15) is 0 Å². The van der Waals surface area contributed by atoms with E-state index >= 15 is 0 Å². The van der Waals surface area contributed by atoms with Crippen LogP contribution in [0, 0.1) is 0 Å². The Morgan fingerprint density at radius 3 is 1.74 bits per heavy atom. The molecule has 3 nitrogen and oxygen atoms in total. The maximum atomic E-state index is 5.28. The van der Waals surface area contributed by atoms with Crippen LogP contribution in [0.5, 0.6) is 0 Å². The van der Waals surface area contributed by atoms with Gasteiger partial charge < -0.3 is 0 Å². The van der Waals surface area contributed by atoms with Crippen LogP contribution in [0.25, 0.3) is 92.6 Å². The molecule has 7 aromatic carbocycles. The van der Waals surface area contributed by atoms with E-state index < -0.39 is 0 Å². The standard InChI is InChI=1S/C46H29N3S/c1-3-11-30(12-4-1)32-21-23-37-38-24-22-33(31-13-5-2-6-14-31)29-43(38)49(42(37)28-32)46-47-26-25-41(48-46)35-16-9-15-34(27-35)36-18-10-19-40-39-17-7-8-20-44(39)50-45(36)40/h1-29H. The fourth-order valence-electron chi connectivity index (χ4n) is 7.29. The second-order valence-corrected chi connectivity index (χ2v) is 13.7. The van der Waals surface area contributed by atoms with Crippen molar-refractivity contribution in [2.75, 3.05) is 0 Å². The first-order valence-corrected chi connectivity index (χ1v) is 17.6. The van der Waals surface area contributed by atoms with E-state index in [2.05, 4.69) is 168 Å². The maximum absolute atomic E-state index is 5.28. The molecule has 0 N–H and O–H groups in total. The third kappa shape index (κ3) is 4.73. The molecule has 10 rings (SSSR count). The molecule has 50 heavy (non-hydrogen) atoms. The second-order valence-electron chi connectivity index (χ2n) is 12.6. The van der Waals surface area contributed by atoms with E-state index in [-0.39, 0.29) is 0 Å². The summed E-state index contributed by atoms with van der Waals surface area (Å²) in [4.78, 5) is 10.2. The van der Waals surface area contributed by atoms with Gasteiger partial charge >= 0.3 is 0 Å². The Morgan fingerprint density at radius 1 is 0.420 bits per heavy atom. The monoisotopic (exact) mass is 655 g/mol. The van der Waals surface area contributed by atoms with Gasteiger partial charge in [0.1, 0.15) is 0 Å². The van der Waals surface area contributed by atoms with Crippen molar-refractivity contribution in [2.45, 2.75) is 0 Å². The average Bonchev–Trinajstić information content (AvgIpc) is 3.74. The van der Waals surface area contributed by atoms with Gasteiger partial charge in [-0.3, -0.25) is 4.57 Å². The minimum absolute atomic E-state index is 0.648. The van der Waals surface area contributed by atoms with E-state index in [1.807, 2.05) is 23.6 Å². The van der Waals surface area contributed by atoms with Crippen LogP contribution < -0.4 is 0 Å². The van der Waals surface area contributed by atoms with Crippen LogP contribution >= 0.6 is 11.3 Å². The van der Waals surface area contributed by atoms with E-state index in [1.54, 1.807) is 0 Å². The van der Waals surface area contributed by atoms with Crippen molar-refractivity contribution >= 4 is 53.3 Å². The van der Waals surface area contributed by atoms with Gasteiger partial charge in [0.15, 0.2) is 0 Å². The lowest BCUT2D eigenvalue weighted by Crippen LogP contribution is -2.02. The molecular formula is C46H29N3S. The van der Waals surface area contributed by atoms with Crippen LogP contribution in [-0.4, -0.2) is 14.5 Å². The molecule has 234 valence electrons. The van der Waals surface area contributed by atoms with Crippen molar-refractivity contribution in [1.82, 2.24) is 14.5 Å². The van der Waals surface area contributed by atoms with Gasteiger partial charge in [-0.05, 0) is 63.7 Å². The van der Waals surface area contributed by atoms with Gasteiger partial charge in [-0.25, -0.2) is 9.97 Å². The first-order chi connectivity index (χ1) is 24.8. The molecule has 0 saturated heterocycles. The lowest BCUT2D eigenvalue weighted by molar-refractivity contribution is 0.992. The van der Waals surface area contributed by atoms with Crippen LogP contribution in [0.4, 0.5) is 0 Å². The summed E-state index contributed by atoms with van der Waals surface area (Å²) >= 11 is 1.86. The molecule has 4 heteroatoms. The first kappa shape index (κ1) is 28.6. The highest BCUT2D eigenvalue weighted by Crippen LogP contribution is 2.41. The normalized spacial score (nSPS) is 11.6. The number of benzene rings is 7. The molecule has 0 aliphatic carbocycles. The molecule has 0 atom stereocenters. The van der Waals surface area contributed by atoms with E-state index in [0.717, 1.165) is 33.4 Å². The van der Waals surface area contributed by atoms with Gasteiger partial charge in [-0.15, -0.1) is 11.3 Å².